The van der Waals surface area contributed by atoms with Gasteiger partial charge in [0.15, 0.2) is 18.9 Å². The van der Waals surface area contributed by atoms with Crippen LogP contribution >= 0.6 is 0 Å². The average Bonchev–Trinajstić information content (AvgIpc) is 0.849. The van der Waals surface area contributed by atoms with Crippen molar-refractivity contribution in [3.63, 3.8) is 0 Å². The Balaban J connectivity index is 1.25. The zero-order chi connectivity index (χ0) is 69.6. The highest BCUT2D eigenvalue weighted by molar-refractivity contribution is 5.76. The number of carbonyl (C=O) groups excluding carboxylic acids is 1. The molecule has 19 heteroatoms. The minimum Gasteiger partial charge on any atom is -0.394 e. The molecule has 0 saturated carbocycles. The Hall–Kier alpha value is -3.29. The van der Waals surface area contributed by atoms with E-state index in [1.54, 1.807) is 6.08 Å². The van der Waals surface area contributed by atoms with Crippen molar-refractivity contribution >= 4 is 5.91 Å². The molecule has 12 N–H and O–H groups in total. The quantitative estimate of drug-likeness (QED) is 0.0199. The highest BCUT2D eigenvalue weighted by Crippen LogP contribution is 2.33. The van der Waals surface area contributed by atoms with Gasteiger partial charge >= 0.3 is 0 Å². The van der Waals surface area contributed by atoms with Crippen LogP contribution in [0.5, 0.6) is 0 Å². The maximum Gasteiger partial charge on any atom is 0.220 e. The van der Waals surface area contributed by atoms with Gasteiger partial charge in [0.25, 0.3) is 0 Å². The van der Waals surface area contributed by atoms with Gasteiger partial charge in [0, 0.05) is 6.42 Å². The molecule has 0 aromatic rings. The fraction of sp³-hybridized carbons (Fsp3) is 0.779. The van der Waals surface area contributed by atoms with E-state index in [0.717, 1.165) is 77.0 Å². The predicted octanol–water partition coefficient (Wildman–Crippen LogP) is 11.2. The molecule has 17 atom stereocenters. The van der Waals surface area contributed by atoms with Crippen LogP contribution in [0.4, 0.5) is 0 Å². The summed E-state index contributed by atoms with van der Waals surface area (Å²) in [7, 11) is 0. The smallest absolute Gasteiger partial charge is 0.220 e. The second-order valence-electron chi connectivity index (χ2n) is 26.3. The first-order valence-corrected chi connectivity index (χ1v) is 37.5. The summed E-state index contributed by atoms with van der Waals surface area (Å²) in [6.45, 7) is 1.45. The zero-order valence-electron chi connectivity index (χ0n) is 58.8. The zero-order valence-corrected chi connectivity index (χ0v) is 58.8. The van der Waals surface area contributed by atoms with Crippen molar-refractivity contribution in [2.24, 2.45) is 0 Å². The summed E-state index contributed by atoms with van der Waals surface area (Å²) < 4.78 is 34.2. The van der Waals surface area contributed by atoms with Crippen molar-refractivity contribution in [2.75, 3.05) is 26.4 Å². The third-order valence-corrected chi connectivity index (χ3v) is 18.1. The molecule has 0 aromatic carbocycles. The van der Waals surface area contributed by atoms with Gasteiger partial charge in [-0.3, -0.25) is 4.79 Å². The Bertz CT molecular complexity index is 2110. The lowest BCUT2D eigenvalue weighted by Gasteiger charge is -2.48. The number of carbonyl (C=O) groups is 1. The number of hydrogen-bond acceptors (Lipinski definition) is 18. The molecule has 96 heavy (non-hydrogen) atoms. The maximum atomic E-state index is 13.4. The number of hydrogen-bond donors (Lipinski definition) is 12. The molecule has 3 saturated heterocycles. The summed E-state index contributed by atoms with van der Waals surface area (Å²) in [4.78, 5) is 13.4. The number of aliphatic hydroxyl groups excluding tert-OH is 11. The molecule has 0 spiro atoms. The molecule has 554 valence electrons. The summed E-state index contributed by atoms with van der Waals surface area (Å²) >= 11 is 0. The molecule has 3 fully saturated rings. The third kappa shape index (κ3) is 37.9. The van der Waals surface area contributed by atoms with Crippen LogP contribution < -0.4 is 5.32 Å². The van der Waals surface area contributed by atoms with Gasteiger partial charge in [-0.25, -0.2) is 0 Å². The van der Waals surface area contributed by atoms with Crippen molar-refractivity contribution in [1.82, 2.24) is 5.32 Å². The van der Waals surface area contributed by atoms with Crippen molar-refractivity contribution in [3.8, 4) is 0 Å². The standard InChI is InChI=1S/C77H133NO18/c1-3-5-7-9-11-13-15-16-17-18-19-20-21-22-23-24-25-26-27-28-29-30-31-32-33-34-35-36-37-38-39-40-41-42-43-44-45-47-49-51-53-55-65(83)78-60(61(82)54-52-50-48-46-14-12-10-8-6-4-2)59-91-75-71(89)68(86)73(63(57-80)93-75)96-77-72(90)69(87)74(64(58-81)94-77)95-76-70(88)67(85)66(84)62(56-79)92-76/h5-8,11,13-14,16-17,19-20,22-23,46,52,54,60-64,66-77,79-82,84-90H,3-4,9-10,12,15,18,21,24-45,47-51,53,55-59H2,1-2H3,(H,78,83)/b7-5-,8-6+,13-11-,17-16-,20-19-,23-22-,46-14+,54-52+. The monoisotopic (exact) mass is 1360 g/mol. The van der Waals surface area contributed by atoms with E-state index in [1.807, 2.05) is 6.08 Å². The molecule has 3 heterocycles. The maximum absolute atomic E-state index is 13.4. The lowest BCUT2D eigenvalue weighted by atomic mass is 9.96. The van der Waals surface area contributed by atoms with Crippen LogP contribution in [0.3, 0.4) is 0 Å². The molecule has 0 aliphatic carbocycles. The Morgan fingerprint density at radius 1 is 0.375 bits per heavy atom. The molecule has 1 amide bonds. The largest absolute Gasteiger partial charge is 0.394 e. The fourth-order valence-corrected chi connectivity index (χ4v) is 12.1. The minimum atomic E-state index is -1.98. The molecule has 3 aliphatic rings. The van der Waals surface area contributed by atoms with E-state index in [2.05, 4.69) is 104 Å². The van der Waals surface area contributed by atoms with Crippen molar-refractivity contribution in [1.29, 1.82) is 0 Å². The highest BCUT2D eigenvalue weighted by Gasteiger charge is 2.53. The number of nitrogens with one attached hydrogen (secondary N) is 1. The first-order chi connectivity index (χ1) is 46.8. The molecular formula is C77H133NO18. The molecule has 0 bridgehead atoms. The lowest BCUT2D eigenvalue weighted by Crippen LogP contribution is -2.66. The molecule has 0 aromatic heterocycles. The fourth-order valence-electron chi connectivity index (χ4n) is 12.1. The van der Waals surface area contributed by atoms with Gasteiger partial charge < -0.3 is 89.9 Å². The van der Waals surface area contributed by atoms with E-state index in [1.165, 1.54) is 141 Å². The topological polar surface area (TPSA) is 307 Å². The average molecular weight is 1360 g/mol. The van der Waals surface area contributed by atoms with Gasteiger partial charge in [0.2, 0.25) is 5.91 Å². The van der Waals surface area contributed by atoms with Gasteiger partial charge in [-0.1, -0.05) is 259 Å². The molecule has 0 radical (unpaired) electrons. The minimum absolute atomic E-state index is 0.231. The lowest BCUT2D eigenvalue weighted by molar-refractivity contribution is -0.379. The summed E-state index contributed by atoms with van der Waals surface area (Å²) in [5, 5.41) is 120. The van der Waals surface area contributed by atoms with E-state index in [9.17, 15) is 61.0 Å². The SMILES string of the molecule is CC/C=C\C/C=C\C/C=C\C/C=C\C/C=C\CCCCCCCCCCCCCCCCCCCCCCCCCCCC(=O)NC(COC1OC(CO)C(OC2OC(CO)C(OC3OC(CO)C(O)C(O)C3O)C(O)C2O)C(O)C1O)C(O)/C=C/CC/C=C/CC/C=C/CC. The van der Waals surface area contributed by atoms with E-state index in [4.69, 9.17) is 28.4 Å². The second-order valence-corrected chi connectivity index (χ2v) is 26.3. The second kappa shape index (κ2) is 57.3. The number of rotatable bonds is 57. The van der Waals surface area contributed by atoms with Crippen LogP contribution in [-0.4, -0.2) is 193 Å². The van der Waals surface area contributed by atoms with E-state index in [-0.39, 0.29) is 18.9 Å². The number of amides is 1. The van der Waals surface area contributed by atoms with Gasteiger partial charge in [0.1, 0.15) is 73.2 Å². The van der Waals surface area contributed by atoms with Gasteiger partial charge in [-0.2, -0.15) is 0 Å². The van der Waals surface area contributed by atoms with E-state index >= 15 is 0 Å². The molecule has 17 unspecified atom stereocenters. The third-order valence-electron chi connectivity index (χ3n) is 18.1. The van der Waals surface area contributed by atoms with E-state index in [0.29, 0.717) is 12.8 Å². The number of unbranched alkanes of at least 4 members (excludes halogenated alkanes) is 27. The van der Waals surface area contributed by atoms with Crippen LogP contribution in [0.15, 0.2) is 97.2 Å². The Morgan fingerprint density at radius 3 is 1.12 bits per heavy atom. The van der Waals surface area contributed by atoms with Gasteiger partial charge in [-0.15, -0.1) is 0 Å². The predicted molar refractivity (Wildman–Crippen MR) is 378 cm³/mol. The van der Waals surface area contributed by atoms with Gasteiger partial charge in [0.05, 0.1) is 38.6 Å². The highest BCUT2D eigenvalue weighted by atomic mass is 16.8. The first kappa shape index (κ1) is 86.9. The molecule has 3 aliphatic heterocycles. The van der Waals surface area contributed by atoms with Crippen LogP contribution in [0.1, 0.15) is 251 Å². The van der Waals surface area contributed by atoms with Crippen molar-refractivity contribution in [2.45, 2.75) is 356 Å². The van der Waals surface area contributed by atoms with Crippen molar-refractivity contribution < 1.29 is 89.4 Å². The molecule has 19 nitrogen and oxygen atoms in total. The van der Waals surface area contributed by atoms with Crippen LogP contribution in [-0.2, 0) is 33.2 Å². The number of aliphatic hydroxyl groups is 11. The Morgan fingerprint density at radius 2 is 0.698 bits per heavy atom. The molecular weight excluding hydrogens is 1230 g/mol. The molecule has 3 rings (SSSR count). The first-order valence-electron chi connectivity index (χ1n) is 37.5. The van der Waals surface area contributed by atoms with Crippen LogP contribution in [0.2, 0.25) is 0 Å². The van der Waals surface area contributed by atoms with Crippen LogP contribution in [0, 0.1) is 0 Å². The Kier molecular flexibility index (Phi) is 51.9. The van der Waals surface area contributed by atoms with Crippen molar-refractivity contribution in [3.05, 3.63) is 97.2 Å². The van der Waals surface area contributed by atoms with Gasteiger partial charge in [-0.05, 0) is 83.5 Å². The van der Waals surface area contributed by atoms with E-state index < -0.39 is 124 Å². The number of allylic oxidation sites excluding steroid dienone is 15. The Labute approximate surface area is 577 Å². The van der Waals surface area contributed by atoms with Crippen LogP contribution in [0.25, 0.3) is 0 Å². The summed E-state index contributed by atoms with van der Waals surface area (Å²) in [5.74, 6) is -0.291. The summed E-state index contributed by atoms with van der Waals surface area (Å²) in [5.41, 5.74) is 0. The number of ether oxygens (including phenoxy) is 6. The summed E-state index contributed by atoms with van der Waals surface area (Å²) in [6, 6.07) is -0.997. The summed E-state index contributed by atoms with van der Waals surface area (Å²) in [6.07, 6.45) is 50.3. The normalized spacial score (nSPS) is 27.6.